The number of hydrogen-bond acceptors (Lipinski definition) is 9. The van der Waals surface area contributed by atoms with Crippen LogP contribution >= 0.6 is 0 Å². The lowest BCUT2D eigenvalue weighted by molar-refractivity contribution is 0.00454. The van der Waals surface area contributed by atoms with Gasteiger partial charge in [-0.15, -0.1) is 0 Å². The van der Waals surface area contributed by atoms with Crippen LogP contribution < -0.4 is 35.9 Å². The fourth-order valence-corrected chi connectivity index (χ4v) is 7.53. The van der Waals surface area contributed by atoms with Gasteiger partial charge in [-0.2, -0.15) is 0 Å². The second-order valence-electron chi connectivity index (χ2n) is 13.7. The van der Waals surface area contributed by atoms with Crippen molar-refractivity contribution >= 4 is 11.4 Å². The summed E-state index contributed by atoms with van der Waals surface area (Å²) in [5.41, 5.74) is 2.05. The van der Waals surface area contributed by atoms with Crippen molar-refractivity contribution < 1.29 is 19.3 Å². The van der Waals surface area contributed by atoms with Gasteiger partial charge in [-0.1, -0.05) is 75.8 Å². The lowest BCUT2D eigenvalue weighted by Gasteiger charge is -2.40. The normalized spacial score (nSPS) is 19.2. The van der Waals surface area contributed by atoms with Crippen molar-refractivity contribution in [2.45, 2.75) is 95.9 Å². The molecule has 5 rings (SSSR count). The van der Waals surface area contributed by atoms with E-state index in [4.69, 9.17) is 14.2 Å². The van der Waals surface area contributed by atoms with Gasteiger partial charge in [-0.3, -0.25) is 9.59 Å². The van der Waals surface area contributed by atoms with Crippen LogP contribution in [0.1, 0.15) is 88.4 Å². The summed E-state index contributed by atoms with van der Waals surface area (Å²) < 4.78 is 17.3. The minimum Gasteiger partial charge on any atom is -0.497 e. The zero-order valence-electron chi connectivity index (χ0n) is 29.0. The highest BCUT2D eigenvalue weighted by atomic mass is 16.5. The Morgan fingerprint density at radius 3 is 2.35 bits per heavy atom. The third-order valence-corrected chi connectivity index (χ3v) is 10.2. The van der Waals surface area contributed by atoms with Gasteiger partial charge in [0, 0.05) is 44.8 Å². The van der Waals surface area contributed by atoms with E-state index in [1.54, 1.807) is 14.2 Å². The number of rotatable bonds is 18. The number of ether oxygens (including phenoxy) is 3. The third-order valence-electron chi connectivity index (χ3n) is 10.2. The zero-order valence-corrected chi connectivity index (χ0v) is 29.0. The quantitative estimate of drug-likeness (QED) is 0.112. The summed E-state index contributed by atoms with van der Waals surface area (Å²) in [6.07, 6.45) is 9.74. The maximum atomic E-state index is 13.2. The number of nitrogens with zero attached hydrogens (tertiary/aromatic N) is 1. The van der Waals surface area contributed by atoms with Gasteiger partial charge in [0.05, 0.1) is 32.5 Å². The molecule has 0 spiro atoms. The summed E-state index contributed by atoms with van der Waals surface area (Å²) in [5, 5.41) is 18.4. The summed E-state index contributed by atoms with van der Waals surface area (Å²) in [6.45, 7) is 5.06. The van der Waals surface area contributed by atoms with E-state index in [0.717, 1.165) is 56.1 Å². The molecule has 0 radical (unpaired) electrons. The summed E-state index contributed by atoms with van der Waals surface area (Å²) in [7, 11) is 3.25. The molecule has 0 aromatic heterocycles. The predicted molar refractivity (Wildman–Crippen MR) is 192 cm³/mol. The van der Waals surface area contributed by atoms with Crippen molar-refractivity contribution in [1.82, 2.24) is 5.32 Å². The minimum atomic E-state index is -0.764. The number of anilines is 2. The molecule has 262 valence electrons. The zero-order chi connectivity index (χ0) is 33.9. The van der Waals surface area contributed by atoms with Crippen LogP contribution in [-0.2, 0) is 11.3 Å². The van der Waals surface area contributed by atoms with Crippen LogP contribution in [0, 0.1) is 11.8 Å². The first-order chi connectivity index (χ1) is 23.4. The van der Waals surface area contributed by atoms with E-state index >= 15 is 0 Å². The first-order valence-corrected chi connectivity index (χ1v) is 18.0. The van der Waals surface area contributed by atoms with Crippen molar-refractivity contribution in [3.05, 3.63) is 80.1 Å². The molecule has 0 unspecified atom stereocenters. The fourth-order valence-electron chi connectivity index (χ4n) is 7.53. The topological polar surface area (TPSA) is 109 Å². The Kier molecular flexibility index (Phi) is 13.3. The van der Waals surface area contributed by atoms with E-state index in [1.165, 1.54) is 19.3 Å². The van der Waals surface area contributed by atoms with Gasteiger partial charge in [-0.05, 0) is 54.9 Å². The standard InChI is InChI=1S/C39H55N3O6/c1-4-5-19-48-39(29-15-10-7-11-16-29)30-17-12-18-42(26-30)36-35(37(44)38(36)45)41-33(22-27-13-8-6-9-14-27)34(43)25-40-24-28-20-31(46-2)23-32(21-28)47-3/h7,10-11,15-16,20-21,23,27,30,33-34,39-41,43H,4-6,8-9,12-14,17-19,22,24-26H2,1-3H3/t30-,33+,34-,39+/m1/s1. The van der Waals surface area contributed by atoms with Gasteiger partial charge in [0.2, 0.25) is 0 Å². The Bertz CT molecular complexity index is 1460. The molecule has 4 atom stereocenters. The predicted octanol–water partition coefficient (Wildman–Crippen LogP) is 5.98. The molecular weight excluding hydrogens is 606 g/mol. The first-order valence-electron chi connectivity index (χ1n) is 18.0. The number of methoxy groups -OCH3 is 2. The first kappa shape index (κ1) is 35.9. The maximum absolute atomic E-state index is 13.2. The largest absolute Gasteiger partial charge is 0.497 e. The monoisotopic (exact) mass is 661 g/mol. The van der Waals surface area contributed by atoms with Crippen molar-refractivity contribution in [2.75, 3.05) is 50.7 Å². The number of piperidine rings is 1. The molecule has 2 fully saturated rings. The van der Waals surface area contributed by atoms with Crippen molar-refractivity contribution in [3.8, 4) is 11.5 Å². The van der Waals surface area contributed by atoms with E-state index in [0.29, 0.717) is 61.6 Å². The van der Waals surface area contributed by atoms with Crippen molar-refractivity contribution in [1.29, 1.82) is 0 Å². The Morgan fingerprint density at radius 1 is 0.938 bits per heavy atom. The van der Waals surface area contributed by atoms with E-state index in [1.807, 2.05) is 36.4 Å². The highest BCUT2D eigenvalue weighted by molar-refractivity contribution is 5.75. The lowest BCUT2D eigenvalue weighted by atomic mass is 9.83. The maximum Gasteiger partial charge on any atom is 0.253 e. The second kappa shape index (κ2) is 17.8. The number of aliphatic hydroxyl groups excluding tert-OH is 1. The van der Waals surface area contributed by atoms with Gasteiger partial charge in [0.1, 0.15) is 22.9 Å². The molecule has 1 heterocycles. The van der Waals surface area contributed by atoms with Crippen LogP contribution in [0.15, 0.2) is 58.1 Å². The number of unbranched alkanes of at least 4 members (excludes halogenated alkanes) is 1. The van der Waals surface area contributed by atoms with Gasteiger partial charge in [-0.25, -0.2) is 0 Å². The molecule has 1 aliphatic carbocycles. The van der Waals surface area contributed by atoms with Crippen LogP contribution in [-0.4, -0.2) is 57.7 Å². The molecule has 2 aliphatic rings. The summed E-state index contributed by atoms with van der Waals surface area (Å²) in [4.78, 5) is 28.4. The van der Waals surface area contributed by atoms with Gasteiger partial charge in [0.15, 0.2) is 0 Å². The summed E-state index contributed by atoms with van der Waals surface area (Å²) >= 11 is 0. The Balaban J connectivity index is 1.30. The van der Waals surface area contributed by atoms with Crippen LogP contribution in [0.5, 0.6) is 11.5 Å². The molecule has 9 heteroatoms. The lowest BCUT2D eigenvalue weighted by Crippen LogP contribution is -2.50. The molecule has 9 nitrogen and oxygen atoms in total. The number of hydrogen-bond donors (Lipinski definition) is 3. The Labute approximate surface area is 285 Å². The fraction of sp³-hybridized carbons (Fsp3) is 0.590. The highest BCUT2D eigenvalue weighted by Crippen LogP contribution is 2.36. The smallest absolute Gasteiger partial charge is 0.253 e. The van der Waals surface area contributed by atoms with E-state index in [-0.39, 0.29) is 18.1 Å². The van der Waals surface area contributed by atoms with E-state index < -0.39 is 17.0 Å². The average molecular weight is 662 g/mol. The van der Waals surface area contributed by atoms with Crippen molar-refractivity contribution in [3.63, 3.8) is 0 Å². The van der Waals surface area contributed by atoms with Crippen LogP contribution in [0.2, 0.25) is 0 Å². The number of benzene rings is 2. The highest BCUT2D eigenvalue weighted by Gasteiger charge is 2.35. The Hall–Kier alpha value is -3.40. The summed E-state index contributed by atoms with van der Waals surface area (Å²) in [5.74, 6) is 2.07. The SMILES string of the molecule is CCCCO[C@@H](c1ccccc1)[C@@H]1CCCN(c2c(N[C@@H](CC3CCCCC3)[C@H](O)CNCc3cc(OC)cc(OC)c3)c(=O)c2=O)C1. The summed E-state index contributed by atoms with van der Waals surface area (Å²) in [6, 6.07) is 15.7. The number of nitrogens with one attached hydrogen (secondary N) is 2. The van der Waals surface area contributed by atoms with Crippen LogP contribution in [0.25, 0.3) is 0 Å². The molecule has 1 aliphatic heterocycles. The third kappa shape index (κ3) is 9.18. The molecule has 48 heavy (non-hydrogen) atoms. The molecule has 3 aromatic rings. The van der Waals surface area contributed by atoms with Gasteiger partial charge in [0.25, 0.3) is 10.9 Å². The average Bonchev–Trinajstić information content (AvgIpc) is 3.13. The Morgan fingerprint density at radius 2 is 1.67 bits per heavy atom. The molecule has 0 amide bonds. The molecule has 3 N–H and O–H groups in total. The molecule has 0 bridgehead atoms. The van der Waals surface area contributed by atoms with E-state index in [9.17, 15) is 14.7 Å². The van der Waals surface area contributed by atoms with Gasteiger partial charge < -0.3 is 34.9 Å². The number of aliphatic hydroxyl groups is 1. The van der Waals surface area contributed by atoms with Gasteiger partial charge >= 0.3 is 0 Å². The molecule has 1 saturated heterocycles. The molecule has 3 aromatic carbocycles. The van der Waals surface area contributed by atoms with Crippen LogP contribution in [0.3, 0.4) is 0 Å². The van der Waals surface area contributed by atoms with Crippen LogP contribution in [0.4, 0.5) is 11.4 Å². The van der Waals surface area contributed by atoms with E-state index in [2.05, 4.69) is 34.6 Å². The molecular formula is C39H55N3O6. The second-order valence-corrected chi connectivity index (χ2v) is 13.7. The molecule has 1 saturated carbocycles. The van der Waals surface area contributed by atoms with Crippen molar-refractivity contribution in [2.24, 2.45) is 11.8 Å². The minimum absolute atomic E-state index is 0.0695.